The van der Waals surface area contributed by atoms with Crippen molar-refractivity contribution in [2.24, 2.45) is 0 Å². The van der Waals surface area contributed by atoms with Crippen LogP contribution in [-0.2, 0) is 13.0 Å². The molecule has 0 fully saturated rings. The van der Waals surface area contributed by atoms with Gasteiger partial charge in [0.25, 0.3) is 0 Å². The molecule has 0 aliphatic heterocycles. The van der Waals surface area contributed by atoms with Gasteiger partial charge < -0.3 is 9.30 Å². The molecule has 0 aliphatic rings. The minimum Gasteiger partial charge on any atom is -0.496 e. The maximum atomic E-state index is 5.31. The molecule has 3 nitrogen and oxygen atoms in total. The van der Waals surface area contributed by atoms with Crippen molar-refractivity contribution in [1.82, 2.24) is 9.55 Å². The lowest BCUT2D eigenvalue weighted by molar-refractivity contribution is 0.410. The first-order valence-electron chi connectivity index (χ1n) is 5.45. The highest BCUT2D eigenvalue weighted by atomic mass is 16.5. The molecule has 2 aromatic rings. The number of ether oxygens (including phenoxy) is 1. The normalized spacial score (nSPS) is 10.4. The van der Waals surface area contributed by atoms with Crippen molar-refractivity contribution >= 4 is 0 Å². The van der Waals surface area contributed by atoms with Crippen molar-refractivity contribution in [3.8, 4) is 5.75 Å². The van der Waals surface area contributed by atoms with Crippen molar-refractivity contribution < 1.29 is 4.74 Å². The predicted octanol–water partition coefficient (Wildman–Crippen LogP) is 2.50. The van der Waals surface area contributed by atoms with Gasteiger partial charge in [-0.1, -0.05) is 19.1 Å². The first kappa shape index (κ1) is 10.7. The fourth-order valence-corrected chi connectivity index (χ4v) is 1.80. The van der Waals surface area contributed by atoms with Gasteiger partial charge in [0.1, 0.15) is 5.75 Å². The Kier molecular flexibility index (Phi) is 3.25. The number of hydrogen-bond donors (Lipinski definition) is 0. The third-order valence-corrected chi connectivity index (χ3v) is 2.65. The SMILES string of the molecule is CCc1cc(Cn2ccnc2)ccc1OC. The van der Waals surface area contributed by atoms with Crippen LogP contribution in [0.3, 0.4) is 0 Å². The molecular weight excluding hydrogens is 200 g/mol. The van der Waals surface area contributed by atoms with Gasteiger partial charge in [-0.15, -0.1) is 0 Å². The Labute approximate surface area is 95.7 Å². The average molecular weight is 216 g/mol. The molecule has 0 saturated carbocycles. The highest BCUT2D eigenvalue weighted by Gasteiger charge is 2.02. The molecule has 1 aromatic carbocycles. The smallest absolute Gasteiger partial charge is 0.122 e. The van der Waals surface area contributed by atoms with Gasteiger partial charge in [-0.25, -0.2) is 4.98 Å². The van der Waals surface area contributed by atoms with Crippen LogP contribution >= 0.6 is 0 Å². The molecule has 84 valence electrons. The van der Waals surface area contributed by atoms with E-state index in [1.54, 1.807) is 13.3 Å². The van der Waals surface area contributed by atoms with Crippen LogP contribution in [0.4, 0.5) is 0 Å². The van der Waals surface area contributed by atoms with E-state index in [1.807, 2.05) is 18.6 Å². The van der Waals surface area contributed by atoms with Gasteiger partial charge in [0.15, 0.2) is 0 Å². The Morgan fingerprint density at radius 3 is 2.88 bits per heavy atom. The molecule has 1 heterocycles. The highest BCUT2D eigenvalue weighted by molar-refractivity contribution is 5.37. The van der Waals surface area contributed by atoms with E-state index in [0.29, 0.717) is 0 Å². The van der Waals surface area contributed by atoms with E-state index in [-0.39, 0.29) is 0 Å². The molecule has 3 heteroatoms. The molecule has 0 aliphatic carbocycles. The molecular formula is C13H16N2O. The van der Waals surface area contributed by atoms with E-state index in [1.165, 1.54) is 11.1 Å². The van der Waals surface area contributed by atoms with E-state index in [9.17, 15) is 0 Å². The standard InChI is InChI=1S/C13H16N2O/c1-3-12-8-11(4-5-13(12)16-2)9-15-7-6-14-10-15/h4-8,10H,3,9H2,1-2H3. The van der Waals surface area contributed by atoms with E-state index >= 15 is 0 Å². The monoisotopic (exact) mass is 216 g/mol. The lowest BCUT2D eigenvalue weighted by Crippen LogP contribution is -1.98. The summed E-state index contributed by atoms with van der Waals surface area (Å²) in [6.07, 6.45) is 6.58. The van der Waals surface area contributed by atoms with Crippen molar-refractivity contribution in [3.63, 3.8) is 0 Å². The number of hydrogen-bond acceptors (Lipinski definition) is 2. The molecule has 1 aromatic heterocycles. The minimum atomic E-state index is 0.858. The summed E-state index contributed by atoms with van der Waals surface area (Å²) in [5.74, 6) is 0.969. The van der Waals surface area contributed by atoms with Crippen molar-refractivity contribution in [2.45, 2.75) is 19.9 Å². The molecule has 0 unspecified atom stereocenters. The third kappa shape index (κ3) is 2.24. The van der Waals surface area contributed by atoms with Crippen molar-refractivity contribution in [3.05, 3.63) is 48.0 Å². The molecule has 0 atom stereocenters. The van der Waals surface area contributed by atoms with E-state index in [2.05, 4.69) is 28.6 Å². The molecule has 0 N–H and O–H groups in total. The van der Waals surface area contributed by atoms with Gasteiger partial charge in [0.2, 0.25) is 0 Å². The van der Waals surface area contributed by atoms with Gasteiger partial charge in [0, 0.05) is 18.9 Å². The summed E-state index contributed by atoms with van der Waals surface area (Å²) >= 11 is 0. The van der Waals surface area contributed by atoms with Crippen LogP contribution in [-0.4, -0.2) is 16.7 Å². The van der Waals surface area contributed by atoms with E-state index < -0.39 is 0 Å². The number of nitrogens with zero attached hydrogens (tertiary/aromatic N) is 2. The number of imidazole rings is 1. The summed E-state index contributed by atoms with van der Waals surface area (Å²) in [7, 11) is 1.71. The highest BCUT2D eigenvalue weighted by Crippen LogP contribution is 2.20. The fraction of sp³-hybridized carbons (Fsp3) is 0.308. The van der Waals surface area contributed by atoms with Gasteiger partial charge in [-0.3, -0.25) is 0 Å². The van der Waals surface area contributed by atoms with Crippen LogP contribution in [0.1, 0.15) is 18.1 Å². The number of benzene rings is 1. The van der Waals surface area contributed by atoms with Crippen LogP contribution in [0.5, 0.6) is 5.75 Å². The maximum Gasteiger partial charge on any atom is 0.122 e. The van der Waals surface area contributed by atoms with Gasteiger partial charge in [0.05, 0.1) is 13.4 Å². The van der Waals surface area contributed by atoms with Crippen LogP contribution in [0.25, 0.3) is 0 Å². The first-order valence-corrected chi connectivity index (χ1v) is 5.45. The number of rotatable bonds is 4. The fourth-order valence-electron chi connectivity index (χ4n) is 1.80. The molecule has 0 spiro atoms. The Bertz CT molecular complexity index is 449. The second kappa shape index (κ2) is 4.84. The Morgan fingerprint density at radius 1 is 1.38 bits per heavy atom. The van der Waals surface area contributed by atoms with E-state index in [4.69, 9.17) is 4.74 Å². The Hall–Kier alpha value is -1.77. The third-order valence-electron chi connectivity index (χ3n) is 2.65. The van der Waals surface area contributed by atoms with Gasteiger partial charge >= 0.3 is 0 Å². The molecule has 0 amide bonds. The summed E-state index contributed by atoms with van der Waals surface area (Å²) in [5, 5.41) is 0. The quantitative estimate of drug-likeness (QED) is 0.785. The van der Waals surface area contributed by atoms with Crippen molar-refractivity contribution in [1.29, 1.82) is 0 Å². The minimum absolute atomic E-state index is 0.858. The molecule has 0 bridgehead atoms. The second-order valence-corrected chi connectivity index (χ2v) is 3.73. The van der Waals surface area contributed by atoms with Crippen LogP contribution < -0.4 is 4.74 Å². The summed E-state index contributed by atoms with van der Waals surface area (Å²) < 4.78 is 7.36. The summed E-state index contributed by atoms with van der Waals surface area (Å²) in [6.45, 7) is 3.00. The van der Waals surface area contributed by atoms with Gasteiger partial charge in [-0.05, 0) is 23.6 Å². The van der Waals surface area contributed by atoms with E-state index in [0.717, 1.165) is 18.7 Å². The maximum absolute atomic E-state index is 5.31. The predicted molar refractivity (Wildman–Crippen MR) is 63.7 cm³/mol. The zero-order chi connectivity index (χ0) is 11.4. The van der Waals surface area contributed by atoms with Crippen LogP contribution in [0.15, 0.2) is 36.9 Å². The average Bonchev–Trinajstić information content (AvgIpc) is 2.81. The largest absolute Gasteiger partial charge is 0.496 e. The first-order chi connectivity index (χ1) is 7.83. The van der Waals surface area contributed by atoms with Crippen LogP contribution in [0.2, 0.25) is 0 Å². The zero-order valence-corrected chi connectivity index (χ0v) is 9.68. The molecule has 0 radical (unpaired) electrons. The topological polar surface area (TPSA) is 27.1 Å². The molecule has 16 heavy (non-hydrogen) atoms. The molecule has 0 saturated heterocycles. The number of methoxy groups -OCH3 is 1. The Balaban J connectivity index is 2.22. The lowest BCUT2D eigenvalue weighted by atomic mass is 10.1. The van der Waals surface area contributed by atoms with Crippen molar-refractivity contribution in [2.75, 3.05) is 7.11 Å². The Morgan fingerprint density at radius 2 is 2.25 bits per heavy atom. The summed E-state index contributed by atoms with van der Waals surface area (Å²) in [6, 6.07) is 6.32. The summed E-state index contributed by atoms with van der Waals surface area (Å²) in [4.78, 5) is 4.03. The number of aromatic nitrogens is 2. The number of aryl methyl sites for hydroxylation is 1. The lowest BCUT2D eigenvalue weighted by Gasteiger charge is -2.09. The van der Waals surface area contributed by atoms with Gasteiger partial charge in [-0.2, -0.15) is 0 Å². The summed E-state index contributed by atoms with van der Waals surface area (Å²) in [5.41, 5.74) is 2.52. The zero-order valence-electron chi connectivity index (χ0n) is 9.68. The second-order valence-electron chi connectivity index (χ2n) is 3.73. The molecule has 2 rings (SSSR count). The van der Waals surface area contributed by atoms with Crippen LogP contribution in [0, 0.1) is 0 Å².